The van der Waals surface area contributed by atoms with E-state index >= 15 is 0 Å². The number of ether oxygens (including phenoxy) is 3. The molecule has 0 amide bonds. The first kappa shape index (κ1) is 14.3. The SMILES string of the molecule is C=CCOc1cc2c(cc1C=CCc1ccccc1)OCO2. The van der Waals surface area contributed by atoms with E-state index in [1.54, 1.807) is 6.08 Å². The van der Waals surface area contributed by atoms with E-state index in [1.807, 2.05) is 36.4 Å². The Balaban J connectivity index is 1.80. The molecule has 22 heavy (non-hydrogen) atoms. The Hall–Kier alpha value is -2.68. The standard InChI is InChI=1S/C19H18O3/c1-2-11-20-17-13-19-18(21-14-22-19)12-16(17)10-6-9-15-7-4-3-5-8-15/h2-8,10,12-13H,1,9,11,14H2. The van der Waals surface area contributed by atoms with Crippen molar-refractivity contribution in [3.05, 3.63) is 72.3 Å². The fraction of sp³-hybridized carbons (Fsp3) is 0.158. The molecule has 0 aromatic heterocycles. The van der Waals surface area contributed by atoms with Gasteiger partial charge in [-0.05, 0) is 18.1 Å². The minimum absolute atomic E-state index is 0.257. The second-order valence-electron chi connectivity index (χ2n) is 4.94. The molecule has 1 aliphatic rings. The lowest BCUT2D eigenvalue weighted by atomic mass is 10.1. The van der Waals surface area contributed by atoms with E-state index in [-0.39, 0.29) is 6.79 Å². The highest BCUT2D eigenvalue weighted by atomic mass is 16.7. The minimum Gasteiger partial charge on any atom is -0.489 e. The lowest BCUT2D eigenvalue weighted by molar-refractivity contribution is 0.174. The molecule has 1 heterocycles. The van der Waals surface area contributed by atoms with Gasteiger partial charge in [-0.25, -0.2) is 0 Å². The van der Waals surface area contributed by atoms with Crippen molar-refractivity contribution in [3.8, 4) is 17.2 Å². The van der Waals surface area contributed by atoms with Gasteiger partial charge >= 0.3 is 0 Å². The first-order chi connectivity index (χ1) is 10.9. The van der Waals surface area contributed by atoms with Crippen molar-refractivity contribution in [2.24, 2.45) is 0 Å². The Bertz CT molecular complexity index is 675. The molecule has 112 valence electrons. The highest BCUT2D eigenvalue weighted by molar-refractivity contribution is 5.64. The summed E-state index contributed by atoms with van der Waals surface area (Å²) in [6.45, 7) is 4.40. The highest BCUT2D eigenvalue weighted by Crippen LogP contribution is 2.38. The molecule has 3 rings (SSSR count). The summed E-state index contributed by atoms with van der Waals surface area (Å²) >= 11 is 0. The molecule has 2 aromatic rings. The van der Waals surface area contributed by atoms with Crippen LogP contribution in [0, 0.1) is 0 Å². The fourth-order valence-electron chi connectivity index (χ4n) is 2.28. The van der Waals surface area contributed by atoms with Gasteiger partial charge in [0.1, 0.15) is 12.4 Å². The van der Waals surface area contributed by atoms with E-state index in [0.717, 1.165) is 29.2 Å². The molecule has 0 N–H and O–H groups in total. The van der Waals surface area contributed by atoms with E-state index in [9.17, 15) is 0 Å². The van der Waals surface area contributed by atoms with Gasteiger partial charge in [0.15, 0.2) is 11.5 Å². The van der Waals surface area contributed by atoms with Crippen molar-refractivity contribution in [3.63, 3.8) is 0 Å². The van der Waals surface area contributed by atoms with Gasteiger partial charge in [0.25, 0.3) is 0 Å². The van der Waals surface area contributed by atoms with Crippen LogP contribution in [-0.4, -0.2) is 13.4 Å². The lowest BCUT2D eigenvalue weighted by Gasteiger charge is -2.09. The first-order valence-electron chi connectivity index (χ1n) is 7.24. The van der Waals surface area contributed by atoms with Gasteiger partial charge in [-0.15, -0.1) is 0 Å². The number of hydrogen-bond donors (Lipinski definition) is 0. The number of hydrogen-bond acceptors (Lipinski definition) is 3. The zero-order chi connectivity index (χ0) is 15.2. The molecule has 0 spiro atoms. The molecule has 0 aliphatic carbocycles. The molecule has 0 unspecified atom stereocenters. The highest BCUT2D eigenvalue weighted by Gasteiger charge is 2.16. The second-order valence-corrected chi connectivity index (χ2v) is 4.94. The maximum atomic E-state index is 5.71. The topological polar surface area (TPSA) is 27.7 Å². The maximum absolute atomic E-state index is 5.71. The van der Waals surface area contributed by atoms with Crippen LogP contribution in [0.1, 0.15) is 11.1 Å². The van der Waals surface area contributed by atoms with E-state index < -0.39 is 0 Å². The van der Waals surface area contributed by atoms with Crippen LogP contribution in [0.3, 0.4) is 0 Å². The third kappa shape index (κ3) is 3.31. The van der Waals surface area contributed by atoms with Crippen molar-refractivity contribution in [1.29, 1.82) is 0 Å². The molecule has 3 nitrogen and oxygen atoms in total. The van der Waals surface area contributed by atoms with Gasteiger partial charge in [0, 0.05) is 11.6 Å². The van der Waals surface area contributed by atoms with Gasteiger partial charge in [-0.3, -0.25) is 0 Å². The Morgan fingerprint density at radius 2 is 1.86 bits per heavy atom. The molecule has 0 saturated heterocycles. The molecule has 0 fully saturated rings. The average molecular weight is 294 g/mol. The smallest absolute Gasteiger partial charge is 0.231 e. The predicted octanol–water partition coefficient (Wildman–Crippen LogP) is 4.24. The Kier molecular flexibility index (Phi) is 4.44. The van der Waals surface area contributed by atoms with Crippen LogP contribution in [-0.2, 0) is 6.42 Å². The molecule has 1 aliphatic heterocycles. The minimum atomic E-state index is 0.257. The third-order valence-electron chi connectivity index (χ3n) is 3.36. The molecule has 0 bridgehead atoms. The second kappa shape index (κ2) is 6.85. The van der Waals surface area contributed by atoms with Gasteiger partial charge in [-0.1, -0.05) is 55.1 Å². The lowest BCUT2D eigenvalue weighted by Crippen LogP contribution is -1.95. The van der Waals surface area contributed by atoms with Crippen LogP contribution in [0.5, 0.6) is 17.2 Å². The fourth-order valence-corrected chi connectivity index (χ4v) is 2.28. The summed E-state index contributed by atoms with van der Waals surface area (Å²) in [7, 11) is 0. The Labute approximate surface area is 130 Å². The van der Waals surface area contributed by atoms with Crippen molar-refractivity contribution >= 4 is 6.08 Å². The van der Waals surface area contributed by atoms with E-state index in [4.69, 9.17) is 14.2 Å². The quantitative estimate of drug-likeness (QED) is 0.746. The van der Waals surface area contributed by atoms with Gasteiger partial charge in [-0.2, -0.15) is 0 Å². The van der Waals surface area contributed by atoms with E-state index in [2.05, 4.69) is 24.8 Å². The van der Waals surface area contributed by atoms with E-state index in [1.165, 1.54) is 5.56 Å². The largest absolute Gasteiger partial charge is 0.489 e. The van der Waals surface area contributed by atoms with Crippen LogP contribution in [0.2, 0.25) is 0 Å². The molecule has 2 aromatic carbocycles. The van der Waals surface area contributed by atoms with Crippen LogP contribution >= 0.6 is 0 Å². The van der Waals surface area contributed by atoms with Crippen molar-refractivity contribution < 1.29 is 14.2 Å². The third-order valence-corrected chi connectivity index (χ3v) is 3.36. The van der Waals surface area contributed by atoms with Crippen molar-refractivity contribution in [2.45, 2.75) is 6.42 Å². The zero-order valence-corrected chi connectivity index (χ0v) is 12.3. The van der Waals surface area contributed by atoms with E-state index in [0.29, 0.717) is 6.61 Å². The van der Waals surface area contributed by atoms with Crippen molar-refractivity contribution in [2.75, 3.05) is 13.4 Å². The molecule has 0 atom stereocenters. The van der Waals surface area contributed by atoms with Crippen molar-refractivity contribution in [1.82, 2.24) is 0 Å². The van der Waals surface area contributed by atoms with Gasteiger partial charge in [0.05, 0.1) is 0 Å². The van der Waals surface area contributed by atoms with Crippen LogP contribution in [0.4, 0.5) is 0 Å². The molecule has 0 saturated carbocycles. The maximum Gasteiger partial charge on any atom is 0.231 e. The van der Waals surface area contributed by atoms with Gasteiger partial charge in [0.2, 0.25) is 6.79 Å². The molecular weight excluding hydrogens is 276 g/mol. The molecule has 0 radical (unpaired) electrons. The van der Waals surface area contributed by atoms with Crippen LogP contribution in [0.25, 0.3) is 6.08 Å². The Morgan fingerprint density at radius 3 is 2.64 bits per heavy atom. The Morgan fingerprint density at radius 1 is 1.09 bits per heavy atom. The van der Waals surface area contributed by atoms with Gasteiger partial charge < -0.3 is 14.2 Å². The summed E-state index contributed by atoms with van der Waals surface area (Å²) in [6.07, 6.45) is 6.76. The zero-order valence-electron chi connectivity index (χ0n) is 12.3. The average Bonchev–Trinajstić information content (AvgIpc) is 3.01. The molecular formula is C19H18O3. The summed E-state index contributed by atoms with van der Waals surface area (Å²) in [5.41, 5.74) is 2.25. The number of benzene rings is 2. The first-order valence-corrected chi connectivity index (χ1v) is 7.24. The summed E-state index contributed by atoms with van der Waals surface area (Å²) in [5, 5.41) is 0. The summed E-state index contributed by atoms with van der Waals surface area (Å²) in [5.74, 6) is 2.25. The predicted molar refractivity (Wildman–Crippen MR) is 87.4 cm³/mol. The normalized spacial score (nSPS) is 12.5. The van der Waals surface area contributed by atoms with Crippen LogP contribution < -0.4 is 14.2 Å². The number of allylic oxidation sites excluding steroid dienone is 1. The van der Waals surface area contributed by atoms with Crippen LogP contribution in [0.15, 0.2) is 61.2 Å². The monoisotopic (exact) mass is 294 g/mol. The number of fused-ring (bicyclic) bond motifs is 1. The summed E-state index contributed by atoms with van der Waals surface area (Å²) in [6, 6.07) is 14.1. The number of rotatable bonds is 6. The summed E-state index contributed by atoms with van der Waals surface area (Å²) in [4.78, 5) is 0. The molecule has 3 heteroatoms. The summed E-state index contributed by atoms with van der Waals surface area (Å²) < 4.78 is 16.5.